The van der Waals surface area contributed by atoms with E-state index in [0.717, 1.165) is 10.6 Å². The Balaban J connectivity index is 1.58. The van der Waals surface area contributed by atoms with Crippen molar-refractivity contribution in [3.05, 3.63) is 70.7 Å². The lowest BCUT2D eigenvalue weighted by Gasteiger charge is -2.06. The van der Waals surface area contributed by atoms with E-state index in [2.05, 4.69) is 9.72 Å². The van der Waals surface area contributed by atoms with E-state index in [0.29, 0.717) is 5.69 Å². The Labute approximate surface area is 153 Å². The molecule has 0 unspecified atom stereocenters. The summed E-state index contributed by atoms with van der Waals surface area (Å²) in [6.07, 6.45) is 0. The fraction of sp³-hybridized carbons (Fsp3) is 0.158. The molecule has 0 aliphatic carbocycles. The van der Waals surface area contributed by atoms with E-state index in [1.807, 2.05) is 36.6 Å². The highest BCUT2D eigenvalue weighted by Gasteiger charge is 2.11. The molecule has 0 saturated heterocycles. The predicted molar refractivity (Wildman–Crippen MR) is 94.5 cm³/mol. The number of hydrogen-bond acceptors (Lipinski definition) is 5. The van der Waals surface area contributed by atoms with E-state index in [-0.39, 0.29) is 17.9 Å². The van der Waals surface area contributed by atoms with Crippen LogP contribution in [-0.4, -0.2) is 17.6 Å². The highest BCUT2D eigenvalue weighted by molar-refractivity contribution is 7.13. The molecule has 3 aromatic rings. The fourth-order valence-electron chi connectivity index (χ4n) is 2.20. The monoisotopic (exact) mass is 375 g/mol. The quantitative estimate of drug-likeness (QED) is 0.564. The van der Waals surface area contributed by atoms with Crippen LogP contribution < -0.4 is 4.74 Å². The van der Waals surface area contributed by atoms with Gasteiger partial charge in [0.05, 0.1) is 11.3 Å². The highest BCUT2D eigenvalue weighted by Crippen LogP contribution is 2.24. The maximum absolute atomic E-state index is 12.1. The number of nitrogens with zero attached hydrogens (tertiary/aromatic N) is 1. The van der Waals surface area contributed by atoms with Gasteiger partial charge in [-0.05, 0) is 31.2 Å². The first-order valence-electron chi connectivity index (χ1n) is 7.75. The lowest BCUT2D eigenvalue weighted by Crippen LogP contribution is -2.06. The molecule has 0 atom stereocenters. The summed E-state index contributed by atoms with van der Waals surface area (Å²) in [6, 6.07) is 13.3. The van der Waals surface area contributed by atoms with Gasteiger partial charge in [0, 0.05) is 10.9 Å². The molecule has 26 heavy (non-hydrogen) atoms. The van der Waals surface area contributed by atoms with E-state index in [1.54, 1.807) is 0 Å². The molecule has 1 heterocycles. The molecule has 3 rings (SSSR count). The Kier molecular flexibility index (Phi) is 5.58. The Morgan fingerprint density at radius 1 is 1.12 bits per heavy atom. The van der Waals surface area contributed by atoms with Crippen LogP contribution in [0.5, 0.6) is 5.75 Å². The molecule has 1 aromatic heterocycles. The standard InChI is InChI=1S/C19H15F2NO3S/c1-12-2-4-13(5-3-12)17-22-15(11-26-17)10-24-18(23)14-6-8-16(9-7-14)25-19(20)21/h2-9,11,19H,10H2,1H3. The minimum Gasteiger partial charge on any atom is -0.456 e. The molecule has 134 valence electrons. The van der Waals surface area contributed by atoms with Crippen LogP contribution in [0.25, 0.3) is 10.6 Å². The number of esters is 1. The Morgan fingerprint density at radius 2 is 1.81 bits per heavy atom. The minimum atomic E-state index is -2.90. The summed E-state index contributed by atoms with van der Waals surface area (Å²) >= 11 is 1.47. The minimum absolute atomic E-state index is 0.0150. The van der Waals surface area contributed by atoms with Crippen LogP contribution in [0, 0.1) is 6.92 Å². The van der Waals surface area contributed by atoms with Gasteiger partial charge in [0.15, 0.2) is 0 Å². The number of rotatable bonds is 6. The number of ether oxygens (including phenoxy) is 2. The van der Waals surface area contributed by atoms with Crippen molar-refractivity contribution in [3.63, 3.8) is 0 Å². The lowest BCUT2D eigenvalue weighted by molar-refractivity contribution is -0.0498. The molecule has 7 heteroatoms. The molecule has 2 aromatic carbocycles. The highest BCUT2D eigenvalue weighted by atomic mass is 32.1. The molecule has 0 radical (unpaired) electrons. The van der Waals surface area contributed by atoms with Crippen LogP contribution in [0.3, 0.4) is 0 Å². The van der Waals surface area contributed by atoms with Crippen molar-refractivity contribution < 1.29 is 23.0 Å². The topological polar surface area (TPSA) is 48.4 Å². The molecule has 0 fully saturated rings. The summed E-state index contributed by atoms with van der Waals surface area (Å²) in [5.41, 5.74) is 3.08. The Bertz CT molecular complexity index is 877. The summed E-state index contributed by atoms with van der Waals surface area (Å²) in [5.74, 6) is -0.572. The maximum atomic E-state index is 12.1. The van der Waals surface area contributed by atoms with E-state index in [4.69, 9.17) is 4.74 Å². The van der Waals surface area contributed by atoms with Gasteiger partial charge in [0.1, 0.15) is 17.4 Å². The van der Waals surface area contributed by atoms with Crippen molar-refractivity contribution in [1.29, 1.82) is 0 Å². The number of carbonyl (C=O) groups is 1. The van der Waals surface area contributed by atoms with Crippen LogP contribution >= 0.6 is 11.3 Å². The molecule has 0 spiro atoms. The molecular weight excluding hydrogens is 360 g/mol. The zero-order valence-corrected chi connectivity index (χ0v) is 14.6. The summed E-state index contributed by atoms with van der Waals surface area (Å²) in [7, 11) is 0. The first-order valence-corrected chi connectivity index (χ1v) is 8.62. The van der Waals surface area contributed by atoms with Gasteiger partial charge in [-0.2, -0.15) is 8.78 Å². The molecule has 0 aliphatic rings. The van der Waals surface area contributed by atoms with E-state index in [1.165, 1.54) is 41.2 Å². The number of alkyl halides is 2. The second-order valence-corrected chi connectivity index (χ2v) is 6.35. The van der Waals surface area contributed by atoms with E-state index < -0.39 is 12.6 Å². The summed E-state index contributed by atoms with van der Waals surface area (Å²) in [6.45, 7) is -0.848. The van der Waals surface area contributed by atoms with Gasteiger partial charge in [-0.25, -0.2) is 9.78 Å². The van der Waals surface area contributed by atoms with E-state index in [9.17, 15) is 13.6 Å². The van der Waals surface area contributed by atoms with Gasteiger partial charge in [0.25, 0.3) is 0 Å². The number of carbonyl (C=O) groups excluding carboxylic acids is 1. The number of aryl methyl sites for hydroxylation is 1. The first kappa shape index (κ1) is 18.0. The van der Waals surface area contributed by atoms with Crippen LogP contribution in [0.2, 0.25) is 0 Å². The van der Waals surface area contributed by atoms with Crippen LogP contribution in [-0.2, 0) is 11.3 Å². The van der Waals surface area contributed by atoms with Gasteiger partial charge >= 0.3 is 12.6 Å². The zero-order valence-electron chi connectivity index (χ0n) is 13.8. The molecule has 0 bridgehead atoms. The molecule has 0 saturated carbocycles. The second-order valence-electron chi connectivity index (χ2n) is 5.49. The van der Waals surface area contributed by atoms with Crippen molar-refractivity contribution in [2.75, 3.05) is 0 Å². The maximum Gasteiger partial charge on any atom is 0.387 e. The second kappa shape index (κ2) is 8.05. The molecular formula is C19H15F2NO3S. The molecule has 0 aliphatic heterocycles. The zero-order chi connectivity index (χ0) is 18.5. The van der Waals surface area contributed by atoms with Crippen molar-refractivity contribution in [2.45, 2.75) is 20.1 Å². The molecule has 0 amide bonds. The Hall–Kier alpha value is -2.80. The SMILES string of the molecule is Cc1ccc(-c2nc(COC(=O)c3ccc(OC(F)F)cc3)cs2)cc1. The third-order valence-electron chi connectivity index (χ3n) is 3.52. The fourth-order valence-corrected chi connectivity index (χ4v) is 3.01. The third kappa shape index (κ3) is 4.64. The smallest absolute Gasteiger partial charge is 0.387 e. The Morgan fingerprint density at radius 3 is 2.46 bits per heavy atom. The van der Waals surface area contributed by atoms with Gasteiger partial charge in [0.2, 0.25) is 0 Å². The number of benzene rings is 2. The van der Waals surface area contributed by atoms with Crippen LogP contribution in [0.1, 0.15) is 21.6 Å². The third-order valence-corrected chi connectivity index (χ3v) is 4.46. The van der Waals surface area contributed by atoms with Crippen molar-refractivity contribution in [2.24, 2.45) is 0 Å². The summed E-state index contributed by atoms with van der Waals surface area (Å²) < 4.78 is 33.7. The average Bonchev–Trinajstić information content (AvgIpc) is 3.09. The summed E-state index contributed by atoms with van der Waals surface area (Å²) in [4.78, 5) is 16.5. The van der Waals surface area contributed by atoms with Gasteiger partial charge < -0.3 is 9.47 Å². The average molecular weight is 375 g/mol. The number of halogens is 2. The van der Waals surface area contributed by atoms with Crippen molar-refractivity contribution >= 4 is 17.3 Å². The number of hydrogen-bond donors (Lipinski definition) is 0. The lowest BCUT2D eigenvalue weighted by atomic mass is 10.2. The van der Waals surface area contributed by atoms with Gasteiger partial charge in [-0.1, -0.05) is 29.8 Å². The van der Waals surface area contributed by atoms with Gasteiger partial charge in [-0.3, -0.25) is 0 Å². The first-order chi connectivity index (χ1) is 12.5. The van der Waals surface area contributed by atoms with Gasteiger partial charge in [-0.15, -0.1) is 11.3 Å². The van der Waals surface area contributed by atoms with E-state index >= 15 is 0 Å². The molecule has 0 N–H and O–H groups in total. The normalized spacial score (nSPS) is 10.8. The summed E-state index contributed by atoms with van der Waals surface area (Å²) in [5, 5.41) is 2.69. The van der Waals surface area contributed by atoms with Crippen LogP contribution in [0.15, 0.2) is 53.9 Å². The predicted octanol–water partition coefficient (Wildman–Crippen LogP) is 5.08. The van der Waals surface area contributed by atoms with Crippen molar-refractivity contribution in [1.82, 2.24) is 4.98 Å². The number of thiazole rings is 1. The van der Waals surface area contributed by atoms with Crippen LogP contribution in [0.4, 0.5) is 8.78 Å². The van der Waals surface area contributed by atoms with Crippen molar-refractivity contribution in [3.8, 4) is 16.3 Å². The molecule has 4 nitrogen and oxygen atoms in total. The largest absolute Gasteiger partial charge is 0.456 e. The number of aromatic nitrogens is 1.